The molecule has 1 aromatic rings. The number of aromatic nitrogens is 3. The van der Waals surface area contributed by atoms with Crippen LogP contribution >= 0.6 is 11.8 Å². The van der Waals surface area contributed by atoms with Crippen LogP contribution in [0, 0.1) is 0 Å². The van der Waals surface area contributed by atoms with Crippen LogP contribution in [0.15, 0.2) is 0 Å². The minimum Gasteiger partial charge on any atom is -0.354 e. The summed E-state index contributed by atoms with van der Waals surface area (Å²) in [7, 11) is 3.86. The summed E-state index contributed by atoms with van der Waals surface area (Å²) in [6.45, 7) is 2.83. The van der Waals surface area contributed by atoms with Crippen molar-refractivity contribution < 1.29 is 0 Å². The van der Waals surface area contributed by atoms with E-state index in [0.29, 0.717) is 23.9 Å². The second kappa shape index (κ2) is 6.08. The molecule has 1 aliphatic rings. The van der Waals surface area contributed by atoms with Gasteiger partial charge in [0.1, 0.15) is 0 Å². The lowest BCUT2D eigenvalue weighted by Gasteiger charge is -2.16. The summed E-state index contributed by atoms with van der Waals surface area (Å²) in [5, 5.41) is 6.52. The van der Waals surface area contributed by atoms with E-state index >= 15 is 0 Å². The van der Waals surface area contributed by atoms with E-state index in [1.54, 1.807) is 0 Å². The van der Waals surface area contributed by atoms with Gasteiger partial charge in [-0.3, -0.25) is 0 Å². The molecule has 18 heavy (non-hydrogen) atoms. The normalized spacial score (nSPS) is 18.7. The Morgan fingerprint density at radius 2 is 2.06 bits per heavy atom. The number of rotatable bonds is 5. The minimum absolute atomic E-state index is 0.474. The first-order valence-electron chi connectivity index (χ1n) is 6.20. The molecule has 2 rings (SSSR count). The predicted octanol–water partition coefficient (Wildman–Crippen LogP) is 1.29. The van der Waals surface area contributed by atoms with Crippen molar-refractivity contribution in [1.82, 2.24) is 15.0 Å². The zero-order chi connectivity index (χ0) is 13.0. The van der Waals surface area contributed by atoms with Crippen LogP contribution in [0.3, 0.4) is 0 Å². The van der Waals surface area contributed by atoms with E-state index in [0.717, 1.165) is 12.3 Å². The summed E-state index contributed by atoms with van der Waals surface area (Å²) in [6, 6.07) is 0.474. The number of hydrogen-bond donors (Lipinski definition) is 2. The van der Waals surface area contributed by atoms with E-state index in [1.165, 1.54) is 12.2 Å². The highest BCUT2D eigenvalue weighted by Crippen LogP contribution is 2.21. The smallest absolute Gasteiger partial charge is 0.231 e. The van der Waals surface area contributed by atoms with E-state index in [4.69, 9.17) is 0 Å². The molecular weight excluding hydrogens is 248 g/mol. The van der Waals surface area contributed by atoms with Crippen molar-refractivity contribution in [2.75, 3.05) is 47.7 Å². The maximum Gasteiger partial charge on any atom is 0.231 e. The Labute approximate surface area is 112 Å². The summed E-state index contributed by atoms with van der Waals surface area (Å²) >= 11 is 1.97. The van der Waals surface area contributed by atoms with Gasteiger partial charge in [-0.15, -0.1) is 0 Å². The average molecular weight is 268 g/mol. The Balaban J connectivity index is 2.16. The molecule has 6 nitrogen and oxygen atoms in total. The molecule has 0 spiro atoms. The van der Waals surface area contributed by atoms with Gasteiger partial charge in [0.2, 0.25) is 17.8 Å². The largest absolute Gasteiger partial charge is 0.354 e. The molecule has 0 radical (unpaired) electrons. The predicted molar refractivity (Wildman–Crippen MR) is 77.7 cm³/mol. The Hall–Kier alpha value is -1.24. The monoisotopic (exact) mass is 268 g/mol. The molecule has 1 unspecified atom stereocenters. The molecular formula is C11H20N6S. The molecule has 1 saturated heterocycles. The van der Waals surface area contributed by atoms with Crippen LogP contribution in [0.4, 0.5) is 17.8 Å². The van der Waals surface area contributed by atoms with E-state index in [9.17, 15) is 0 Å². The molecule has 1 aromatic heterocycles. The van der Waals surface area contributed by atoms with Gasteiger partial charge in [-0.2, -0.15) is 26.7 Å². The standard InChI is InChI=1S/C11H20N6S/c1-4-12-9-14-10(13-8-5-6-18-7-8)16-11(15-9)17(2)3/h8H,4-7H2,1-3H3,(H2,12,13,14,15,16). The molecule has 0 aliphatic carbocycles. The van der Waals surface area contributed by atoms with Gasteiger partial charge in [0.05, 0.1) is 0 Å². The summed E-state index contributed by atoms with van der Waals surface area (Å²) in [4.78, 5) is 15.0. The summed E-state index contributed by atoms with van der Waals surface area (Å²) in [6.07, 6.45) is 1.17. The molecule has 0 saturated carbocycles. The number of hydrogen-bond acceptors (Lipinski definition) is 7. The van der Waals surface area contributed by atoms with E-state index < -0.39 is 0 Å². The summed E-state index contributed by atoms with van der Waals surface area (Å²) < 4.78 is 0. The first kappa shape index (κ1) is 13.2. The van der Waals surface area contributed by atoms with E-state index in [2.05, 4.69) is 25.6 Å². The summed E-state index contributed by atoms with van der Waals surface area (Å²) in [5.74, 6) is 4.30. The maximum atomic E-state index is 4.42. The number of nitrogens with zero attached hydrogens (tertiary/aromatic N) is 4. The van der Waals surface area contributed by atoms with Gasteiger partial charge < -0.3 is 15.5 Å². The fourth-order valence-electron chi connectivity index (χ4n) is 1.70. The zero-order valence-electron chi connectivity index (χ0n) is 11.1. The van der Waals surface area contributed by atoms with E-state index in [1.807, 2.05) is 37.7 Å². The SMILES string of the molecule is CCNc1nc(NC2CCSC2)nc(N(C)C)n1. The fraction of sp³-hybridized carbons (Fsp3) is 0.727. The average Bonchev–Trinajstić information content (AvgIpc) is 2.82. The zero-order valence-corrected chi connectivity index (χ0v) is 11.9. The molecule has 1 atom stereocenters. The van der Waals surface area contributed by atoms with Crippen LogP contribution in [0.25, 0.3) is 0 Å². The lowest BCUT2D eigenvalue weighted by atomic mass is 10.3. The van der Waals surface area contributed by atoms with Crippen LogP contribution in [-0.4, -0.2) is 53.1 Å². The first-order valence-corrected chi connectivity index (χ1v) is 7.36. The second-order valence-corrected chi connectivity index (χ2v) is 5.56. The maximum absolute atomic E-state index is 4.42. The lowest BCUT2D eigenvalue weighted by Crippen LogP contribution is -2.22. The van der Waals surface area contributed by atoms with Gasteiger partial charge in [0, 0.05) is 32.4 Å². The van der Waals surface area contributed by atoms with Gasteiger partial charge in [0.25, 0.3) is 0 Å². The van der Waals surface area contributed by atoms with Crippen molar-refractivity contribution in [3.8, 4) is 0 Å². The fourth-order valence-corrected chi connectivity index (χ4v) is 2.85. The molecule has 0 amide bonds. The lowest BCUT2D eigenvalue weighted by molar-refractivity contribution is 0.793. The van der Waals surface area contributed by atoms with E-state index in [-0.39, 0.29) is 0 Å². The van der Waals surface area contributed by atoms with Gasteiger partial charge in [-0.1, -0.05) is 0 Å². The third kappa shape index (κ3) is 3.38. The Morgan fingerprint density at radius 3 is 2.67 bits per heavy atom. The number of anilines is 3. The topological polar surface area (TPSA) is 66.0 Å². The molecule has 2 N–H and O–H groups in total. The van der Waals surface area contributed by atoms with Crippen molar-refractivity contribution in [2.45, 2.75) is 19.4 Å². The quantitative estimate of drug-likeness (QED) is 0.834. The molecule has 0 aromatic carbocycles. The third-order valence-corrected chi connectivity index (χ3v) is 3.78. The molecule has 100 valence electrons. The van der Waals surface area contributed by atoms with Crippen LogP contribution in [0.5, 0.6) is 0 Å². The highest BCUT2D eigenvalue weighted by atomic mass is 32.2. The molecule has 1 fully saturated rings. The van der Waals surface area contributed by atoms with Crippen LogP contribution in [-0.2, 0) is 0 Å². The van der Waals surface area contributed by atoms with Crippen molar-refractivity contribution in [1.29, 1.82) is 0 Å². The first-order chi connectivity index (χ1) is 8.69. The van der Waals surface area contributed by atoms with Crippen LogP contribution in [0.2, 0.25) is 0 Å². The third-order valence-electron chi connectivity index (χ3n) is 2.62. The van der Waals surface area contributed by atoms with Crippen LogP contribution < -0.4 is 15.5 Å². The molecule has 1 aliphatic heterocycles. The van der Waals surface area contributed by atoms with Crippen molar-refractivity contribution in [2.24, 2.45) is 0 Å². The number of nitrogens with one attached hydrogen (secondary N) is 2. The highest BCUT2D eigenvalue weighted by molar-refractivity contribution is 7.99. The van der Waals surface area contributed by atoms with Gasteiger partial charge in [0.15, 0.2) is 0 Å². The summed E-state index contributed by atoms with van der Waals surface area (Å²) in [5.41, 5.74) is 0. The Kier molecular flexibility index (Phi) is 4.46. The van der Waals surface area contributed by atoms with Crippen molar-refractivity contribution in [3.63, 3.8) is 0 Å². The highest BCUT2D eigenvalue weighted by Gasteiger charge is 2.17. The molecule has 0 bridgehead atoms. The van der Waals surface area contributed by atoms with Gasteiger partial charge >= 0.3 is 0 Å². The molecule has 2 heterocycles. The minimum atomic E-state index is 0.474. The second-order valence-electron chi connectivity index (χ2n) is 4.41. The Bertz CT molecular complexity index is 391. The Morgan fingerprint density at radius 1 is 1.28 bits per heavy atom. The number of thioether (sulfide) groups is 1. The molecule has 7 heteroatoms. The van der Waals surface area contributed by atoms with Crippen molar-refractivity contribution >= 4 is 29.6 Å². The van der Waals surface area contributed by atoms with Gasteiger partial charge in [-0.25, -0.2) is 0 Å². The van der Waals surface area contributed by atoms with Gasteiger partial charge in [-0.05, 0) is 19.1 Å². The van der Waals surface area contributed by atoms with Crippen molar-refractivity contribution in [3.05, 3.63) is 0 Å². The van der Waals surface area contributed by atoms with Crippen LogP contribution in [0.1, 0.15) is 13.3 Å².